The topological polar surface area (TPSA) is 119 Å². The molecule has 7 heteroatoms. The summed E-state index contributed by atoms with van der Waals surface area (Å²) in [5, 5.41) is 29.6. The van der Waals surface area contributed by atoms with Crippen molar-refractivity contribution < 1.29 is 20.1 Å². The highest BCUT2D eigenvalue weighted by Crippen LogP contribution is 2.29. The number of nitrogen functional groups attached to an aromatic ring is 1. The minimum absolute atomic E-state index is 0.0832. The predicted molar refractivity (Wildman–Crippen MR) is 67.3 cm³/mol. The van der Waals surface area contributed by atoms with E-state index in [2.05, 4.69) is 5.32 Å². The van der Waals surface area contributed by atoms with Gasteiger partial charge in [-0.2, -0.15) is 0 Å². The summed E-state index contributed by atoms with van der Waals surface area (Å²) in [4.78, 5) is 13.0. The number of rotatable bonds is 5. The van der Waals surface area contributed by atoms with Gasteiger partial charge in [0.25, 0.3) is 0 Å². The van der Waals surface area contributed by atoms with Gasteiger partial charge in [-0.25, -0.2) is 4.79 Å². The Morgan fingerprint density at radius 2 is 1.89 bits per heavy atom. The number of carbonyl (C=O) groups is 1. The van der Waals surface area contributed by atoms with Crippen molar-refractivity contribution in [2.75, 3.05) is 37.4 Å². The summed E-state index contributed by atoms with van der Waals surface area (Å²) >= 11 is 0. The molecule has 0 radical (unpaired) electrons. The number of nitrogens with zero attached hydrogens (tertiary/aromatic N) is 1. The molecule has 0 aliphatic rings. The minimum Gasteiger partial charge on any atom is -0.506 e. The summed E-state index contributed by atoms with van der Waals surface area (Å²) in [5.41, 5.74) is 5.97. The number of hydrogen-bond acceptors (Lipinski definition) is 5. The van der Waals surface area contributed by atoms with Gasteiger partial charge in [-0.1, -0.05) is 6.07 Å². The van der Waals surface area contributed by atoms with Crippen molar-refractivity contribution in [1.29, 1.82) is 0 Å². The van der Waals surface area contributed by atoms with Crippen LogP contribution in [-0.2, 0) is 0 Å². The number of aliphatic hydroxyl groups excluding tert-OH is 2. The fraction of sp³-hybridized carbons (Fsp3) is 0.364. The summed E-state index contributed by atoms with van der Waals surface area (Å²) in [5.74, 6) is -0.142. The minimum atomic E-state index is -0.550. The first-order valence-corrected chi connectivity index (χ1v) is 5.45. The van der Waals surface area contributed by atoms with Crippen LogP contribution in [0, 0.1) is 0 Å². The lowest BCUT2D eigenvalue weighted by molar-refractivity contribution is 0.167. The van der Waals surface area contributed by atoms with Gasteiger partial charge in [-0.15, -0.1) is 0 Å². The smallest absolute Gasteiger partial charge is 0.322 e. The molecule has 18 heavy (non-hydrogen) atoms. The Hall–Kier alpha value is -1.99. The van der Waals surface area contributed by atoms with E-state index in [1.165, 1.54) is 17.0 Å². The van der Waals surface area contributed by atoms with Gasteiger partial charge in [-0.05, 0) is 12.1 Å². The summed E-state index contributed by atoms with van der Waals surface area (Å²) in [6.45, 7) is -0.271. The van der Waals surface area contributed by atoms with Crippen LogP contribution in [0.1, 0.15) is 0 Å². The summed E-state index contributed by atoms with van der Waals surface area (Å²) in [6.07, 6.45) is 0. The maximum Gasteiger partial charge on any atom is 0.322 e. The molecule has 0 atom stereocenters. The standard InChI is InChI=1S/C11H17N3O4/c12-8-2-1-3-9(17)10(8)13-11(18)14(4-6-15)5-7-16/h1-3,15-17H,4-7,12H2,(H,13,18). The molecular formula is C11H17N3O4. The second-order valence-electron chi connectivity index (χ2n) is 3.61. The van der Waals surface area contributed by atoms with Crippen molar-refractivity contribution >= 4 is 17.4 Å². The number of nitrogens with two attached hydrogens (primary N) is 1. The number of phenolic OH excluding ortho intramolecular Hbond substituents is 1. The van der Waals surface area contributed by atoms with Gasteiger partial charge in [0.1, 0.15) is 11.4 Å². The molecule has 0 bridgehead atoms. The van der Waals surface area contributed by atoms with Crippen LogP contribution in [0.3, 0.4) is 0 Å². The van der Waals surface area contributed by atoms with Crippen molar-refractivity contribution in [3.63, 3.8) is 0 Å². The van der Waals surface area contributed by atoms with Gasteiger partial charge in [0.15, 0.2) is 0 Å². The number of para-hydroxylation sites is 1. The number of hydrogen-bond donors (Lipinski definition) is 5. The fourth-order valence-electron chi connectivity index (χ4n) is 1.44. The molecule has 0 unspecified atom stereocenters. The molecule has 0 fully saturated rings. The Morgan fingerprint density at radius 3 is 2.39 bits per heavy atom. The maximum absolute atomic E-state index is 11.8. The van der Waals surface area contributed by atoms with Crippen LogP contribution in [0.25, 0.3) is 0 Å². The zero-order chi connectivity index (χ0) is 13.5. The molecular weight excluding hydrogens is 238 g/mol. The molecule has 6 N–H and O–H groups in total. The van der Waals surface area contributed by atoms with Crippen molar-refractivity contribution in [2.45, 2.75) is 0 Å². The first-order chi connectivity index (χ1) is 8.60. The molecule has 0 aromatic heterocycles. The third-order valence-corrected chi connectivity index (χ3v) is 2.33. The van der Waals surface area contributed by atoms with Crippen LogP contribution in [0.15, 0.2) is 18.2 Å². The van der Waals surface area contributed by atoms with Crippen LogP contribution in [0.2, 0.25) is 0 Å². The average molecular weight is 255 g/mol. The number of anilines is 2. The second kappa shape index (κ2) is 6.67. The number of nitrogens with one attached hydrogen (secondary N) is 1. The van der Waals surface area contributed by atoms with E-state index in [0.717, 1.165) is 0 Å². The van der Waals surface area contributed by atoms with Crippen molar-refractivity contribution in [2.24, 2.45) is 0 Å². The summed E-state index contributed by atoms with van der Waals surface area (Å²) in [6, 6.07) is 3.94. The zero-order valence-electron chi connectivity index (χ0n) is 9.83. The van der Waals surface area contributed by atoms with Crippen LogP contribution in [0.5, 0.6) is 5.75 Å². The Bertz CT molecular complexity index is 385. The summed E-state index contributed by atoms with van der Waals surface area (Å²) < 4.78 is 0. The van der Waals surface area contributed by atoms with Crippen LogP contribution >= 0.6 is 0 Å². The second-order valence-corrected chi connectivity index (χ2v) is 3.61. The lowest BCUT2D eigenvalue weighted by atomic mass is 10.2. The van der Waals surface area contributed by atoms with Crippen LogP contribution in [-0.4, -0.2) is 52.6 Å². The molecule has 100 valence electrons. The zero-order valence-corrected chi connectivity index (χ0v) is 9.83. The highest BCUT2D eigenvalue weighted by atomic mass is 16.3. The molecule has 7 nitrogen and oxygen atoms in total. The molecule has 0 spiro atoms. The lowest BCUT2D eigenvalue weighted by Crippen LogP contribution is -2.39. The van der Waals surface area contributed by atoms with Gasteiger partial charge in [0.05, 0.1) is 18.9 Å². The number of aromatic hydroxyl groups is 1. The maximum atomic E-state index is 11.8. The molecule has 2 amide bonds. The van der Waals surface area contributed by atoms with Gasteiger partial charge < -0.3 is 31.3 Å². The number of carbonyl (C=O) groups excluding carboxylic acids is 1. The van der Waals surface area contributed by atoms with E-state index >= 15 is 0 Å². The Kier molecular flexibility index (Phi) is 5.22. The Labute approximate surface area is 104 Å². The van der Waals surface area contributed by atoms with E-state index in [4.69, 9.17) is 15.9 Å². The molecule has 0 heterocycles. The highest BCUT2D eigenvalue weighted by Gasteiger charge is 2.15. The van der Waals surface area contributed by atoms with E-state index in [1.54, 1.807) is 6.07 Å². The third kappa shape index (κ3) is 3.51. The molecule has 0 saturated carbocycles. The fourth-order valence-corrected chi connectivity index (χ4v) is 1.44. The number of aliphatic hydroxyl groups is 2. The lowest BCUT2D eigenvalue weighted by Gasteiger charge is -2.21. The van der Waals surface area contributed by atoms with Gasteiger partial charge in [-0.3, -0.25) is 0 Å². The monoisotopic (exact) mass is 255 g/mol. The molecule has 1 rings (SSSR count). The van der Waals surface area contributed by atoms with Crippen molar-refractivity contribution in [3.8, 4) is 5.75 Å². The van der Waals surface area contributed by atoms with Crippen molar-refractivity contribution in [3.05, 3.63) is 18.2 Å². The van der Waals surface area contributed by atoms with E-state index in [1.807, 2.05) is 0 Å². The van der Waals surface area contributed by atoms with Crippen LogP contribution in [0.4, 0.5) is 16.2 Å². The van der Waals surface area contributed by atoms with E-state index in [0.29, 0.717) is 0 Å². The quantitative estimate of drug-likeness (QED) is 0.368. The predicted octanol–water partition coefficient (Wildman–Crippen LogP) is -0.207. The average Bonchev–Trinajstić information content (AvgIpc) is 2.33. The number of urea groups is 1. The molecule has 0 saturated heterocycles. The first-order valence-electron chi connectivity index (χ1n) is 5.45. The molecule has 1 aromatic carbocycles. The van der Waals surface area contributed by atoms with Crippen LogP contribution < -0.4 is 11.1 Å². The highest BCUT2D eigenvalue weighted by molar-refractivity contribution is 5.94. The number of benzene rings is 1. The molecule has 1 aromatic rings. The molecule has 0 aliphatic heterocycles. The van der Waals surface area contributed by atoms with Gasteiger partial charge in [0.2, 0.25) is 0 Å². The molecule has 0 aliphatic carbocycles. The first kappa shape index (κ1) is 14.1. The van der Waals surface area contributed by atoms with E-state index < -0.39 is 6.03 Å². The summed E-state index contributed by atoms with van der Waals surface area (Å²) in [7, 11) is 0. The van der Waals surface area contributed by atoms with Gasteiger partial charge in [0, 0.05) is 13.1 Å². The third-order valence-electron chi connectivity index (χ3n) is 2.33. The number of phenols is 1. The van der Waals surface area contributed by atoms with Gasteiger partial charge >= 0.3 is 6.03 Å². The van der Waals surface area contributed by atoms with Crippen molar-refractivity contribution in [1.82, 2.24) is 4.90 Å². The SMILES string of the molecule is Nc1cccc(O)c1NC(=O)N(CCO)CCO. The van der Waals surface area contributed by atoms with E-state index in [9.17, 15) is 9.90 Å². The Balaban J connectivity index is 2.79. The largest absolute Gasteiger partial charge is 0.506 e. The normalized spacial score (nSPS) is 10.1. The Morgan fingerprint density at radius 1 is 1.28 bits per heavy atom. The number of amides is 2. The van der Waals surface area contributed by atoms with E-state index in [-0.39, 0.29) is 43.4 Å².